The van der Waals surface area contributed by atoms with Gasteiger partial charge in [-0.05, 0) is 70.4 Å². The normalized spacial score (nSPS) is 23.9. The van der Waals surface area contributed by atoms with Crippen LogP contribution < -0.4 is 0 Å². The Morgan fingerprint density at radius 1 is 0.971 bits per heavy atom. The van der Waals surface area contributed by atoms with E-state index in [2.05, 4.69) is 58.3 Å². The topological polar surface area (TPSA) is 56.6 Å². The molecule has 0 aromatic heterocycles. The van der Waals surface area contributed by atoms with Gasteiger partial charge in [0.05, 0.1) is 11.5 Å². The number of benzene rings is 2. The summed E-state index contributed by atoms with van der Waals surface area (Å²) >= 11 is 0. The van der Waals surface area contributed by atoms with Crippen molar-refractivity contribution < 1.29 is 9.53 Å². The van der Waals surface area contributed by atoms with Crippen molar-refractivity contribution in [1.29, 1.82) is 5.26 Å². The van der Waals surface area contributed by atoms with Crippen LogP contribution in [0, 0.1) is 11.3 Å². The first-order chi connectivity index (χ1) is 16.8. The third-order valence-electron chi connectivity index (χ3n) is 7.55. The van der Waals surface area contributed by atoms with Gasteiger partial charge in [0.2, 0.25) is 0 Å². The molecule has 2 aliphatic rings. The highest BCUT2D eigenvalue weighted by molar-refractivity contribution is 5.69. The van der Waals surface area contributed by atoms with Gasteiger partial charge in [0, 0.05) is 31.7 Å². The molecule has 1 saturated heterocycles. The van der Waals surface area contributed by atoms with E-state index in [0.717, 1.165) is 63.7 Å². The second-order valence-electron chi connectivity index (χ2n) is 11.2. The maximum atomic E-state index is 13.5. The SMILES string of the molecule is CC(C)(C)OC(=O)N(C1CCN(Cc2ccccc2)CC1)C1CCC(C#N)(c2ccccc2)CC1. The lowest BCUT2D eigenvalue weighted by Crippen LogP contribution is -2.54. The van der Waals surface area contributed by atoms with Crippen molar-refractivity contribution in [3.8, 4) is 6.07 Å². The molecule has 1 aliphatic carbocycles. The van der Waals surface area contributed by atoms with Gasteiger partial charge in [0.15, 0.2) is 0 Å². The van der Waals surface area contributed by atoms with E-state index in [1.54, 1.807) is 0 Å². The maximum Gasteiger partial charge on any atom is 0.410 e. The molecule has 2 fully saturated rings. The van der Waals surface area contributed by atoms with Gasteiger partial charge in [-0.1, -0.05) is 60.7 Å². The van der Waals surface area contributed by atoms with Gasteiger partial charge in [0.25, 0.3) is 0 Å². The van der Waals surface area contributed by atoms with Crippen LogP contribution in [-0.4, -0.2) is 46.7 Å². The molecular formula is C30H39N3O2. The number of carbonyl (C=O) groups is 1. The number of likely N-dealkylation sites (tertiary alicyclic amines) is 1. The number of hydrogen-bond donors (Lipinski definition) is 0. The number of hydrogen-bond acceptors (Lipinski definition) is 4. The van der Waals surface area contributed by atoms with E-state index in [1.165, 1.54) is 5.56 Å². The highest BCUT2D eigenvalue weighted by Gasteiger charge is 2.43. The third-order valence-corrected chi connectivity index (χ3v) is 7.55. The van der Waals surface area contributed by atoms with Crippen LogP contribution in [0.1, 0.15) is 70.4 Å². The molecule has 5 heteroatoms. The standard InChI is InChI=1S/C30H39N3O2/c1-29(2,3)35-28(34)33(27-16-20-32(21-17-27)22-24-10-6-4-7-11-24)26-14-18-30(23-31,19-15-26)25-12-8-5-9-13-25/h4-13,26-27H,14-22H2,1-3H3. The second-order valence-corrected chi connectivity index (χ2v) is 11.2. The summed E-state index contributed by atoms with van der Waals surface area (Å²) in [6, 6.07) is 23.6. The van der Waals surface area contributed by atoms with Crippen molar-refractivity contribution in [1.82, 2.24) is 9.80 Å². The molecule has 4 rings (SSSR count). The molecule has 5 nitrogen and oxygen atoms in total. The second kappa shape index (κ2) is 10.8. The van der Waals surface area contributed by atoms with Crippen LogP contribution in [0.3, 0.4) is 0 Å². The maximum absolute atomic E-state index is 13.5. The highest BCUT2D eigenvalue weighted by atomic mass is 16.6. The quantitative estimate of drug-likeness (QED) is 0.512. The molecule has 35 heavy (non-hydrogen) atoms. The number of amides is 1. The average Bonchev–Trinajstić information content (AvgIpc) is 2.86. The number of rotatable bonds is 5. The average molecular weight is 474 g/mol. The first-order valence-electron chi connectivity index (χ1n) is 13.0. The molecule has 0 spiro atoms. The Balaban J connectivity index is 1.45. The van der Waals surface area contributed by atoms with E-state index in [9.17, 15) is 10.1 Å². The zero-order valence-electron chi connectivity index (χ0n) is 21.5. The van der Waals surface area contributed by atoms with Crippen LogP contribution >= 0.6 is 0 Å². The molecule has 0 unspecified atom stereocenters. The van der Waals surface area contributed by atoms with Gasteiger partial charge in [-0.25, -0.2) is 4.79 Å². The fourth-order valence-electron chi connectivity index (χ4n) is 5.70. The Kier molecular flexibility index (Phi) is 7.82. The predicted molar refractivity (Wildman–Crippen MR) is 139 cm³/mol. The van der Waals surface area contributed by atoms with E-state index in [-0.39, 0.29) is 18.2 Å². The first-order valence-corrected chi connectivity index (χ1v) is 13.0. The largest absolute Gasteiger partial charge is 0.444 e. The molecule has 0 atom stereocenters. The van der Waals surface area contributed by atoms with E-state index in [0.29, 0.717) is 0 Å². The Hall–Kier alpha value is -2.84. The van der Waals surface area contributed by atoms with Crippen LogP contribution in [0.15, 0.2) is 60.7 Å². The predicted octanol–water partition coefficient (Wildman–Crippen LogP) is 6.29. The van der Waals surface area contributed by atoms with Crippen molar-refractivity contribution >= 4 is 6.09 Å². The van der Waals surface area contributed by atoms with Crippen molar-refractivity contribution in [3.63, 3.8) is 0 Å². The Morgan fingerprint density at radius 2 is 1.51 bits per heavy atom. The van der Waals surface area contributed by atoms with Crippen molar-refractivity contribution in [2.24, 2.45) is 0 Å². The van der Waals surface area contributed by atoms with Crippen LogP contribution in [0.4, 0.5) is 4.79 Å². The molecule has 0 N–H and O–H groups in total. The number of carbonyl (C=O) groups excluding carboxylic acids is 1. The molecule has 0 bridgehead atoms. The molecule has 2 aromatic carbocycles. The van der Waals surface area contributed by atoms with Crippen LogP contribution in [0.2, 0.25) is 0 Å². The smallest absolute Gasteiger partial charge is 0.410 e. The van der Waals surface area contributed by atoms with E-state index >= 15 is 0 Å². The molecular weight excluding hydrogens is 434 g/mol. The van der Waals surface area contributed by atoms with Crippen molar-refractivity contribution in [3.05, 3.63) is 71.8 Å². The summed E-state index contributed by atoms with van der Waals surface area (Å²) in [4.78, 5) is 18.0. The fourth-order valence-corrected chi connectivity index (χ4v) is 5.70. The minimum absolute atomic E-state index is 0.112. The van der Waals surface area contributed by atoms with Crippen LogP contribution in [-0.2, 0) is 16.7 Å². The first kappa shape index (κ1) is 25.3. The van der Waals surface area contributed by atoms with Gasteiger partial charge >= 0.3 is 6.09 Å². The zero-order valence-corrected chi connectivity index (χ0v) is 21.5. The summed E-state index contributed by atoms with van der Waals surface area (Å²) in [5.74, 6) is 0. The summed E-state index contributed by atoms with van der Waals surface area (Å²) in [7, 11) is 0. The molecule has 0 radical (unpaired) electrons. The van der Waals surface area contributed by atoms with Gasteiger partial charge in [-0.3, -0.25) is 4.90 Å². The molecule has 1 amide bonds. The molecule has 1 heterocycles. The van der Waals surface area contributed by atoms with Crippen molar-refractivity contribution in [2.45, 2.75) is 88.9 Å². The van der Waals surface area contributed by atoms with E-state index < -0.39 is 11.0 Å². The highest BCUT2D eigenvalue weighted by Crippen LogP contribution is 2.41. The molecule has 2 aromatic rings. The zero-order chi connectivity index (χ0) is 24.9. The van der Waals surface area contributed by atoms with Gasteiger partial charge in [-0.15, -0.1) is 0 Å². The summed E-state index contributed by atoms with van der Waals surface area (Å²) < 4.78 is 5.90. The number of piperidine rings is 1. The molecule has 1 saturated carbocycles. The van der Waals surface area contributed by atoms with Crippen LogP contribution in [0.5, 0.6) is 0 Å². The minimum Gasteiger partial charge on any atom is -0.444 e. The summed E-state index contributed by atoms with van der Waals surface area (Å²) in [5, 5.41) is 10.1. The molecule has 1 aliphatic heterocycles. The lowest BCUT2D eigenvalue weighted by Gasteiger charge is -2.46. The van der Waals surface area contributed by atoms with Crippen LogP contribution in [0.25, 0.3) is 0 Å². The fraction of sp³-hybridized carbons (Fsp3) is 0.533. The summed E-state index contributed by atoms with van der Waals surface area (Å²) in [5.41, 5.74) is 1.43. The van der Waals surface area contributed by atoms with Gasteiger partial charge in [-0.2, -0.15) is 5.26 Å². The lowest BCUT2D eigenvalue weighted by molar-refractivity contribution is -0.0119. The van der Waals surface area contributed by atoms with Crippen molar-refractivity contribution in [2.75, 3.05) is 13.1 Å². The lowest BCUT2D eigenvalue weighted by atomic mass is 9.69. The number of ether oxygens (including phenoxy) is 1. The van der Waals surface area contributed by atoms with E-state index in [1.807, 2.05) is 39.0 Å². The number of nitriles is 1. The summed E-state index contributed by atoms with van der Waals surface area (Å²) in [6.45, 7) is 8.69. The van der Waals surface area contributed by atoms with Gasteiger partial charge < -0.3 is 9.64 Å². The Morgan fingerprint density at radius 3 is 2.06 bits per heavy atom. The minimum atomic E-state index is -0.529. The third kappa shape index (κ3) is 6.24. The Bertz CT molecular complexity index is 993. The molecule has 186 valence electrons. The monoisotopic (exact) mass is 473 g/mol. The van der Waals surface area contributed by atoms with Gasteiger partial charge in [0.1, 0.15) is 5.60 Å². The van der Waals surface area contributed by atoms with E-state index in [4.69, 9.17) is 4.74 Å². The Labute approximate surface area is 210 Å². The number of nitrogens with zero attached hydrogens (tertiary/aromatic N) is 3. The summed E-state index contributed by atoms with van der Waals surface area (Å²) in [6.07, 6.45) is 4.88.